The largest absolute Gasteiger partial charge is 0.326 e. The summed E-state index contributed by atoms with van der Waals surface area (Å²) < 4.78 is 0. The van der Waals surface area contributed by atoms with Gasteiger partial charge in [0.2, 0.25) is 11.8 Å². The maximum atomic E-state index is 12.0. The summed E-state index contributed by atoms with van der Waals surface area (Å²) in [6, 6.07) is 17.3. The fourth-order valence-electron chi connectivity index (χ4n) is 2.41. The molecular weight excluding hydrogens is 314 g/mol. The highest BCUT2D eigenvalue weighted by Gasteiger charge is 2.05. The lowest BCUT2D eigenvalue weighted by Gasteiger charge is -2.09. The first-order valence-electron chi connectivity index (χ1n) is 8.62. The lowest BCUT2D eigenvalue weighted by molar-refractivity contribution is -0.116. The van der Waals surface area contributed by atoms with E-state index in [0.29, 0.717) is 17.8 Å². The minimum Gasteiger partial charge on any atom is -0.326 e. The van der Waals surface area contributed by atoms with E-state index in [9.17, 15) is 9.59 Å². The van der Waals surface area contributed by atoms with Gasteiger partial charge in [-0.3, -0.25) is 9.59 Å². The molecule has 2 aromatic carbocycles. The highest BCUT2D eigenvalue weighted by Crippen LogP contribution is 2.15. The van der Waals surface area contributed by atoms with E-state index in [0.717, 1.165) is 19.4 Å². The van der Waals surface area contributed by atoms with Gasteiger partial charge in [-0.15, -0.1) is 0 Å². The first kappa shape index (κ1) is 18.7. The topological polar surface area (TPSA) is 70.2 Å². The van der Waals surface area contributed by atoms with Gasteiger partial charge in [-0.25, -0.2) is 0 Å². The van der Waals surface area contributed by atoms with Crippen molar-refractivity contribution in [3.63, 3.8) is 0 Å². The van der Waals surface area contributed by atoms with Gasteiger partial charge in [0, 0.05) is 17.8 Å². The highest BCUT2D eigenvalue weighted by molar-refractivity contribution is 5.94. The molecule has 0 heterocycles. The third kappa shape index (κ3) is 7.18. The van der Waals surface area contributed by atoms with Gasteiger partial charge in [0.25, 0.3) is 0 Å². The molecule has 0 aliphatic rings. The van der Waals surface area contributed by atoms with Gasteiger partial charge in [-0.2, -0.15) is 0 Å². The number of benzene rings is 2. The SMILES string of the molecule is CCCC(=O)Nc1cccc(NC(=O)CNCCc2ccccc2)c1. The van der Waals surface area contributed by atoms with Gasteiger partial charge in [0.15, 0.2) is 0 Å². The van der Waals surface area contributed by atoms with Crippen molar-refractivity contribution in [1.29, 1.82) is 0 Å². The van der Waals surface area contributed by atoms with Crippen LogP contribution in [0.25, 0.3) is 0 Å². The molecule has 0 saturated carbocycles. The zero-order valence-corrected chi connectivity index (χ0v) is 14.5. The highest BCUT2D eigenvalue weighted by atomic mass is 16.2. The summed E-state index contributed by atoms with van der Waals surface area (Å²) in [5, 5.41) is 8.79. The Hall–Kier alpha value is -2.66. The molecule has 0 aliphatic carbocycles. The summed E-state index contributed by atoms with van der Waals surface area (Å²) in [4.78, 5) is 23.6. The average Bonchev–Trinajstić information content (AvgIpc) is 2.60. The molecule has 2 aromatic rings. The molecule has 0 spiro atoms. The molecule has 5 heteroatoms. The molecule has 2 amide bonds. The molecule has 0 aliphatic heterocycles. The second-order valence-electron chi connectivity index (χ2n) is 5.84. The fourth-order valence-corrected chi connectivity index (χ4v) is 2.41. The molecule has 0 bridgehead atoms. The standard InChI is InChI=1S/C20H25N3O2/c1-2-7-19(24)22-17-10-6-11-18(14-17)23-20(25)15-21-13-12-16-8-4-3-5-9-16/h3-6,8-11,14,21H,2,7,12-13,15H2,1H3,(H,22,24)(H,23,25). The predicted octanol–water partition coefficient (Wildman–Crippen LogP) is 3.20. The van der Waals surface area contributed by atoms with Crippen LogP contribution >= 0.6 is 0 Å². The molecule has 5 nitrogen and oxygen atoms in total. The fraction of sp³-hybridized carbons (Fsp3) is 0.300. The minimum atomic E-state index is -0.106. The van der Waals surface area contributed by atoms with E-state index in [4.69, 9.17) is 0 Å². The van der Waals surface area contributed by atoms with Crippen LogP contribution in [-0.4, -0.2) is 24.9 Å². The molecule has 3 N–H and O–H groups in total. The molecule has 0 radical (unpaired) electrons. The van der Waals surface area contributed by atoms with Crippen molar-refractivity contribution in [3.05, 3.63) is 60.2 Å². The molecule has 0 saturated heterocycles. The number of rotatable bonds is 9. The maximum Gasteiger partial charge on any atom is 0.238 e. The van der Waals surface area contributed by atoms with Gasteiger partial charge >= 0.3 is 0 Å². The van der Waals surface area contributed by atoms with Gasteiger partial charge in [-0.1, -0.05) is 43.3 Å². The molecule has 0 unspecified atom stereocenters. The Bertz CT molecular complexity index is 686. The van der Waals surface area contributed by atoms with E-state index in [1.54, 1.807) is 24.3 Å². The summed E-state index contributed by atoms with van der Waals surface area (Å²) in [6.07, 6.45) is 2.17. The van der Waals surface area contributed by atoms with Gasteiger partial charge in [-0.05, 0) is 43.1 Å². The van der Waals surface area contributed by atoms with Gasteiger partial charge in [0.1, 0.15) is 0 Å². The summed E-state index contributed by atoms with van der Waals surface area (Å²) in [5.74, 6) is -0.126. The summed E-state index contributed by atoms with van der Waals surface area (Å²) >= 11 is 0. The molecule has 0 atom stereocenters. The molecule has 0 aromatic heterocycles. The normalized spacial score (nSPS) is 10.3. The Morgan fingerprint density at radius 3 is 2.24 bits per heavy atom. The molecule has 2 rings (SSSR count). The van der Waals surface area contributed by atoms with Crippen LogP contribution in [0.1, 0.15) is 25.3 Å². The Balaban J connectivity index is 1.73. The quantitative estimate of drug-likeness (QED) is 0.615. The van der Waals surface area contributed by atoms with Crippen molar-refractivity contribution in [3.8, 4) is 0 Å². The van der Waals surface area contributed by atoms with Crippen molar-refractivity contribution < 1.29 is 9.59 Å². The average molecular weight is 339 g/mol. The number of anilines is 2. The van der Waals surface area contributed by atoms with Crippen molar-refractivity contribution in [2.75, 3.05) is 23.7 Å². The first-order chi connectivity index (χ1) is 12.2. The van der Waals surface area contributed by atoms with Crippen LogP contribution in [0.3, 0.4) is 0 Å². The number of amides is 2. The van der Waals surface area contributed by atoms with E-state index in [2.05, 4.69) is 28.1 Å². The maximum absolute atomic E-state index is 12.0. The third-order valence-corrected chi connectivity index (χ3v) is 3.63. The van der Waals surface area contributed by atoms with E-state index in [1.807, 2.05) is 25.1 Å². The van der Waals surface area contributed by atoms with Crippen LogP contribution in [0.15, 0.2) is 54.6 Å². The Labute approximate surface area is 148 Å². The van der Waals surface area contributed by atoms with Gasteiger partial charge in [0.05, 0.1) is 6.54 Å². The first-order valence-corrected chi connectivity index (χ1v) is 8.62. The van der Waals surface area contributed by atoms with E-state index in [-0.39, 0.29) is 18.4 Å². The smallest absolute Gasteiger partial charge is 0.238 e. The second kappa shape index (κ2) is 10.3. The summed E-state index contributed by atoms with van der Waals surface area (Å²) in [7, 11) is 0. The lowest BCUT2D eigenvalue weighted by atomic mass is 10.1. The van der Waals surface area contributed by atoms with E-state index < -0.39 is 0 Å². The van der Waals surface area contributed by atoms with Crippen molar-refractivity contribution in [2.45, 2.75) is 26.2 Å². The molecular formula is C20H25N3O2. The van der Waals surface area contributed by atoms with Crippen molar-refractivity contribution in [1.82, 2.24) is 5.32 Å². The van der Waals surface area contributed by atoms with Crippen LogP contribution in [0.4, 0.5) is 11.4 Å². The molecule has 0 fully saturated rings. The Kier molecular flexibility index (Phi) is 7.66. The number of hydrogen-bond donors (Lipinski definition) is 3. The van der Waals surface area contributed by atoms with Crippen LogP contribution in [0.2, 0.25) is 0 Å². The number of carbonyl (C=O) groups excluding carboxylic acids is 2. The van der Waals surface area contributed by atoms with E-state index >= 15 is 0 Å². The second-order valence-corrected chi connectivity index (χ2v) is 5.84. The molecule has 132 valence electrons. The minimum absolute atomic E-state index is 0.0199. The number of nitrogens with one attached hydrogen (secondary N) is 3. The monoisotopic (exact) mass is 339 g/mol. The lowest BCUT2D eigenvalue weighted by Crippen LogP contribution is -2.29. The Morgan fingerprint density at radius 1 is 0.880 bits per heavy atom. The Morgan fingerprint density at radius 2 is 1.56 bits per heavy atom. The third-order valence-electron chi connectivity index (χ3n) is 3.63. The van der Waals surface area contributed by atoms with Crippen molar-refractivity contribution in [2.24, 2.45) is 0 Å². The van der Waals surface area contributed by atoms with Crippen LogP contribution < -0.4 is 16.0 Å². The summed E-state index contributed by atoms with van der Waals surface area (Å²) in [6.45, 7) is 2.95. The predicted molar refractivity (Wildman–Crippen MR) is 102 cm³/mol. The zero-order chi connectivity index (χ0) is 17.9. The van der Waals surface area contributed by atoms with Gasteiger partial charge < -0.3 is 16.0 Å². The van der Waals surface area contributed by atoms with Crippen LogP contribution in [0, 0.1) is 0 Å². The number of carbonyl (C=O) groups is 2. The van der Waals surface area contributed by atoms with E-state index in [1.165, 1.54) is 5.56 Å². The van der Waals surface area contributed by atoms with Crippen LogP contribution in [-0.2, 0) is 16.0 Å². The molecule has 25 heavy (non-hydrogen) atoms. The van der Waals surface area contributed by atoms with Crippen molar-refractivity contribution >= 4 is 23.2 Å². The zero-order valence-electron chi connectivity index (χ0n) is 14.5. The number of hydrogen-bond acceptors (Lipinski definition) is 3. The van der Waals surface area contributed by atoms with Crippen LogP contribution in [0.5, 0.6) is 0 Å². The summed E-state index contributed by atoms with van der Waals surface area (Å²) in [5.41, 5.74) is 2.60.